The molecule has 13 nitrogen and oxygen atoms in total. The van der Waals surface area contributed by atoms with Crippen molar-refractivity contribution in [3.8, 4) is 0 Å². The molecule has 0 unspecified atom stereocenters. The van der Waals surface area contributed by atoms with E-state index in [9.17, 15) is 19.5 Å². The number of nitrogens with zero attached hydrogens (tertiary/aromatic N) is 3. The average Bonchev–Trinajstić information content (AvgIpc) is 3.27. The van der Waals surface area contributed by atoms with Gasteiger partial charge in [0.1, 0.15) is 25.1 Å². The van der Waals surface area contributed by atoms with Gasteiger partial charge in [-0.15, -0.1) is 11.8 Å². The molecule has 0 bridgehead atoms. The van der Waals surface area contributed by atoms with Crippen LogP contribution in [0.4, 0.5) is 0 Å². The number of nitrogens with one attached hydrogen (secondary N) is 1. The number of carboxylic acid groups (broad SMARTS) is 1. The van der Waals surface area contributed by atoms with Crippen molar-refractivity contribution in [2.75, 3.05) is 19.5 Å². The van der Waals surface area contributed by atoms with Gasteiger partial charge in [-0.1, -0.05) is 5.16 Å². The van der Waals surface area contributed by atoms with Crippen molar-refractivity contribution in [3.63, 3.8) is 0 Å². The molecule has 0 saturated carbocycles. The molecule has 31 heavy (non-hydrogen) atoms. The second-order valence-corrected chi connectivity index (χ2v) is 7.03. The summed E-state index contributed by atoms with van der Waals surface area (Å²) in [7, 11) is 1.25. The van der Waals surface area contributed by atoms with Gasteiger partial charge in [0.15, 0.2) is 5.76 Å². The first-order valence-electron chi connectivity index (χ1n) is 8.33. The first-order valence-corrected chi connectivity index (χ1v) is 9.38. The van der Waals surface area contributed by atoms with E-state index in [0.29, 0.717) is 0 Å². The van der Waals surface area contributed by atoms with Gasteiger partial charge in [-0.25, -0.2) is 0 Å². The number of β-lactam (4-membered cyclic amide) rings is 1. The predicted molar refractivity (Wildman–Crippen MR) is 98.7 cm³/mol. The Bertz CT molecular complexity index is 948. The molecular formula is C16H16N5NaO8S. The maximum atomic E-state index is 12.6. The first-order chi connectivity index (χ1) is 14.4. The van der Waals surface area contributed by atoms with Crippen molar-refractivity contribution in [1.29, 1.82) is 0 Å². The van der Waals surface area contributed by atoms with Crippen LogP contribution in [-0.2, 0) is 24.0 Å². The van der Waals surface area contributed by atoms with Gasteiger partial charge in [-0.05, 0) is 17.3 Å². The summed E-state index contributed by atoms with van der Waals surface area (Å²) in [5.41, 5.74) is 4.86. The van der Waals surface area contributed by atoms with Crippen molar-refractivity contribution >= 4 is 41.3 Å². The minimum absolute atomic E-state index is 0. The minimum atomic E-state index is -1.59. The third kappa shape index (κ3) is 4.98. The Morgan fingerprint density at radius 1 is 1.52 bits per heavy atom. The van der Waals surface area contributed by atoms with Crippen LogP contribution in [0.25, 0.3) is 0 Å². The summed E-state index contributed by atoms with van der Waals surface area (Å²) in [6, 6.07) is 1.48. The Labute approximate surface area is 201 Å². The van der Waals surface area contributed by atoms with Gasteiger partial charge >= 0.3 is 35.6 Å². The zero-order valence-electron chi connectivity index (χ0n) is 16.4. The molecule has 3 rings (SSSR count). The normalized spacial score (nSPS) is 20.9. The number of hydrogen-bond acceptors (Lipinski definition) is 11. The van der Waals surface area contributed by atoms with Crippen LogP contribution in [0.15, 0.2) is 44.4 Å². The summed E-state index contributed by atoms with van der Waals surface area (Å²) in [6.07, 6.45) is 1.34. The van der Waals surface area contributed by atoms with Crippen LogP contribution < -0.4 is 45.7 Å². The number of thioether (sulfide) groups is 1. The fraction of sp³-hybridized carbons (Fsp3) is 0.312. The third-order valence-corrected chi connectivity index (χ3v) is 5.51. The minimum Gasteiger partial charge on any atom is -0.543 e. The number of aliphatic carboxylic acids is 1. The van der Waals surface area contributed by atoms with E-state index in [1.54, 1.807) is 6.07 Å². The summed E-state index contributed by atoms with van der Waals surface area (Å²) in [5.74, 6) is -2.69. The zero-order valence-corrected chi connectivity index (χ0v) is 19.2. The number of fused-ring (bicyclic) bond motifs is 1. The van der Waals surface area contributed by atoms with Crippen LogP contribution in [0, 0.1) is 0 Å². The number of rotatable bonds is 7. The predicted octanol–water partition coefficient (Wildman–Crippen LogP) is -5.24. The van der Waals surface area contributed by atoms with Gasteiger partial charge in [0.2, 0.25) is 5.71 Å². The number of carbonyl (C=O) groups excluding carboxylic acids is 3. The molecule has 1 saturated heterocycles. The summed E-state index contributed by atoms with van der Waals surface area (Å²) in [5, 5.41) is 28.2. The molecule has 160 valence electrons. The quantitative estimate of drug-likeness (QED) is 0.0882. The Kier molecular flexibility index (Phi) is 8.38. The molecule has 2 aliphatic rings. The van der Waals surface area contributed by atoms with E-state index >= 15 is 0 Å². The molecule has 0 aliphatic carbocycles. The fourth-order valence-electron chi connectivity index (χ4n) is 2.89. The van der Waals surface area contributed by atoms with E-state index in [1.165, 1.54) is 31.2 Å². The van der Waals surface area contributed by atoms with Crippen LogP contribution in [0.2, 0.25) is 0 Å². The number of hydrogen-bond donors (Lipinski definition) is 3. The molecule has 0 aromatic carbocycles. The smallest absolute Gasteiger partial charge is 0.543 e. The molecule has 0 spiro atoms. The fourth-order valence-corrected chi connectivity index (χ4v) is 4.21. The number of amides is 2. The summed E-state index contributed by atoms with van der Waals surface area (Å²) in [4.78, 5) is 42.4. The summed E-state index contributed by atoms with van der Waals surface area (Å²) < 4.78 is 10.0. The van der Waals surface area contributed by atoms with Crippen molar-refractivity contribution < 1.29 is 68.2 Å². The second-order valence-electron chi connectivity index (χ2n) is 5.93. The van der Waals surface area contributed by atoms with E-state index < -0.39 is 35.2 Å². The largest absolute Gasteiger partial charge is 1.00 e. The van der Waals surface area contributed by atoms with Crippen LogP contribution in [0.5, 0.6) is 0 Å². The maximum absolute atomic E-state index is 12.6. The molecule has 4 N–H and O–H groups in total. The summed E-state index contributed by atoms with van der Waals surface area (Å²) >= 11 is 1.20. The summed E-state index contributed by atoms with van der Waals surface area (Å²) in [6.45, 7) is -0.317. The van der Waals surface area contributed by atoms with E-state index in [4.69, 9.17) is 20.1 Å². The third-order valence-electron chi connectivity index (χ3n) is 4.17. The molecule has 3 heterocycles. The first kappa shape index (κ1) is 24.6. The molecule has 0 radical (unpaired) electrons. The number of furan rings is 1. The van der Waals surface area contributed by atoms with E-state index in [2.05, 4.69) is 20.5 Å². The number of amidine groups is 1. The van der Waals surface area contributed by atoms with Crippen LogP contribution >= 0.6 is 11.8 Å². The number of carboxylic acids is 1. The van der Waals surface area contributed by atoms with Gasteiger partial charge in [0, 0.05) is 11.3 Å². The van der Waals surface area contributed by atoms with Crippen LogP contribution in [-0.4, -0.2) is 70.5 Å². The second kappa shape index (κ2) is 10.6. The molecule has 15 heteroatoms. The Morgan fingerprint density at radius 3 is 2.84 bits per heavy atom. The van der Waals surface area contributed by atoms with Crippen LogP contribution in [0.3, 0.4) is 0 Å². The van der Waals surface area contributed by atoms with E-state index in [-0.39, 0.29) is 64.7 Å². The van der Waals surface area contributed by atoms with Gasteiger partial charge < -0.3 is 40.2 Å². The van der Waals surface area contributed by atoms with E-state index in [1.807, 2.05) is 0 Å². The Hall–Kier alpha value is -2.68. The molecule has 1 aromatic rings. The average molecular weight is 461 g/mol. The van der Waals surface area contributed by atoms with Gasteiger partial charge in [0.25, 0.3) is 11.8 Å². The Balaban J connectivity index is 0.00000341. The molecule has 1 fully saturated rings. The van der Waals surface area contributed by atoms with Crippen molar-refractivity contribution in [2.45, 2.75) is 11.4 Å². The van der Waals surface area contributed by atoms with Gasteiger partial charge in [-0.3, -0.25) is 14.5 Å². The van der Waals surface area contributed by atoms with Gasteiger partial charge in [0.05, 0.1) is 17.9 Å². The van der Waals surface area contributed by atoms with Gasteiger partial charge in [-0.2, -0.15) is 0 Å². The molecule has 2 amide bonds. The molecular weight excluding hydrogens is 445 g/mol. The number of carbonyl (C=O) groups is 3. The monoisotopic (exact) mass is 461 g/mol. The van der Waals surface area contributed by atoms with E-state index in [0.717, 1.165) is 4.90 Å². The van der Waals surface area contributed by atoms with Crippen molar-refractivity contribution in [3.05, 3.63) is 35.4 Å². The maximum Gasteiger partial charge on any atom is 1.00 e. The Morgan fingerprint density at radius 2 is 2.26 bits per heavy atom. The standard InChI is InChI=1S/C16H17N5O8S.Na/c1-27-20-9(8-3-2-4-28-8)12(22)18-10-13(23)21-11(15(24)25)7(6-30-14(10)21)5-29-16(17)19-26;/h2-4,10,14,26H,5-6H2,1H3,(H2,17,19)(H,18,22)(H,24,25);/q;+1/p-1/b20-9-;/t10-,14+;/m1./s1. The SMILES string of the molecule is CO/N=C(\C(=O)N[C@@H]1C(=O)N2C(C(=O)[O-])=C(CO/C(N)=N/O)CS[C@@H]12)c1ccco1.[Na+]. The number of ether oxygens (including phenoxy) is 1. The zero-order chi connectivity index (χ0) is 21.8. The van der Waals surface area contributed by atoms with Crippen LogP contribution in [0.1, 0.15) is 5.76 Å². The molecule has 2 aliphatic heterocycles. The number of nitrogens with two attached hydrogens (primary N) is 1. The molecule has 2 atom stereocenters. The number of oxime groups is 2. The topological polar surface area (TPSA) is 192 Å². The molecule has 1 aromatic heterocycles. The van der Waals surface area contributed by atoms with Crippen molar-refractivity contribution in [1.82, 2.24) is 10.2 Å². The van der Waals surface area contributed by atoms with Crippen molar-refractivity contribution in [2.24, 2.45) is 16.0 Å².